The molecule has 0 aliphatic heterocycles. The first-order chi connectivity index (χ1) is 9.13. The molecule has 0 aliphatic rings. The number of nitrogens with zero attached hydrogens (tertiary/aromatic N) is 1. The first-order valence-corrected chi connectivity index (χ1v) is 7.34. The van der Waals surface area contributed by atoms with Crippen molar-refractivity contribution >= 4 is 11.6 Å². The van der Waals surface area contributed by atoms with Crippen molar-refractivity contribution in [1.29, 1.82) is 0 Å². The van der Waals surface area contributed by atoms with Crippen molar-refractivity contribution in [2.45, 2.75) is 32.7 Å². The molecule has 0 radical (unpaired) electrons. The van der Waals surface area contributed by atoms with Crippen molar-refractivity contribution in [3.8, 4) is 5.75 Å². The minimum absolute atomic E-state index is 0.145. The summed E-state index contributed by atoms with van der Waals surface area (Å²) in [6.45, 7) is 6.40. The summed E-state index contributed by atoms with van der Waals surface area (Å²) < 4.78 is 5.69. The van der Waals surface area contributed by atoms with Crippen LogP contribution >= 0.6 is 11.6 Å². The normalized spacial score (nSPS) is 12.7. The van der Waals surface area contributed by atoms with Gasteiger partial charge in [0.15, 0.2) is 0 Å². The van der Waals surface area contributed by atoms with Gasteiger partial charge in [-0.25, -0.2) is 0 Å². The van der Waals surface area contributed by atoms with Crippen LogP contribution in [0, 0.1) is 0 Å². The molecule has 1 rings (SSSR count). The number of likely N-dealkylation sites (N-methyl/N-ethyl adjacent to an activating group) is 1. The third kappa shape index (κ3) is 4.68. The van der Waals surface area contributed by atoms with E-state index >= 15 is 0 Å². The smallest absolute Gasteiger partial charge is 0.124 e. The van der Waals surface area contributed by atoms with E-state index in [2.05, 4.69) is 18.9 Å². The average molecular weight is 285 g/mol. The molecule has 19 heavy (non-hydrogen) atoms. The summed E-state index contributed by atoms with van der Waals surface area (Å²) in [6.07, 6.45) is 2.34. The molecule has 0 saturated heterocycles. The number of benzene rings is 1. The Balaban J connectivity index is 2.98. The van der Waals surface area contributed by atoms with Gasteiger partial charge in [0, 0.05) is 17.1 Å². The lowest BCUT2D eigenvalue weighted by Crippen LogP contribution is -2.31. The van der Waals surface area contributed by atoms with Crippen LogP contribution in [0.4, 0.5) is 0 Å². The SMILES string of the molecule is CCCCN(C)C(CN)c1cc(Cl)ccc1OCC. The van der Waals surface area contributed by atoms with Crippen LogP contribution in [0.2, 0.25) is 5.02 Å². The predicted molar refractivity (Wildman–Crippen MR) is 82.0 cm³/mol. The Morgan fingerprint density at radius 3 is 2.68 bits per heavy atom. The van der Waals surface area contributed by atoms with Crippen molar-refractivity contribution in [2.24, 2.45) is 5.73 Å². The van der Waals surface area contributed by atoms with Crippen LogP contribution in [-0.2, 0) is 0 Å². The summed E-state index contributed by atoms with van der Waals surface area (Å²) in [6, 6.07) is 5.89. The van der Waals surface area contributed by atoms with Crippen LogP contribution in [-0.4, -0.2) is 31.6 Å². The summed E-state index contributed by atoms with van der Waals surface area (Å²) in [5.41, 5.74) is 7.03. The van der Waals surface area contributed by atoms with Crippen LogP contribution in [0.25, 0.3) is 0 Å². The van der Waals surface area contributed by atoms with Gasteiger partial charge in [0.05, 0.1) is 12.6 Å². The molecule has 2 N–H and O–H groups in total. The maximum absolute atomic E-state index is 6.11. The number of nitrogens with two attached hydrogens (primary N) is 1. The van der Waals surface area contributed by atoms with E-state index in [9.17, 15) is 0 Å². The second-order valence-electron chi connectivity index (χ2n) is 4.70. The van der Waals surface area contributed by atoms with Crippen molar-refractivity contribution in [3.63, 3.8) is 0 Å². The Morgan fingerprint density at radius 2 is 2.11 bits per heavy atom. The zero-order valence-electron chi connectivity index (χ0n) is 12.2. The molecule has 1 aromatic carbocycles. The van der Waals surface area contributed by atoms with E-state index in [0.717, 1.165) is 29.3 Å². The number of unbranched alkanes of at least 4 members (excludes halogenated alkanes) is 1. The zero-order valence-corrected chi connectivity index (χ0v) is 12.9. The molecule has 4 heteroatoms. The third-order valence-corrected chi connectivity index (χ3v) is 3.49. The first-order valence-electron chi connectivity index (χ1n) is 6.96. The van der Waals surface area contributed by atoms with Gasteiger partial charge in [-0.15, -0.1) is 0 Å². The standard InChI is InChI=1S/C15H25ClN2O/c1-4-6-9-18(3)14(11-17)13-10-12(16)7-8-15(13)19-5-2/h7-8,10,14H,4-6,9,11,17H2,1-3H3. The lowest BCUT2D eigenvalue weighted by atomic mass is 10.0. The van der Waals surface area contributed by atoms with E-state index in [-0.39, 0.29) is 6.04 Å². The lowest BCUT2D eigenvalue weighted by molar-refractivity contribution is 0.237. The molecule has 0 aromatic heterocycles. The highest BCUT2D eigenvalue weighted by molar-refractivity contribution is 6.30. The van der Waals surface area contributed by atoms with E-state index in [4.69, 9.17) is 22.1 Å². The van der Waals surface area contributed by atoms with Gasteiger partial charge < -0.3 is 10.5 Å². The maximum Gasteiger partial charge on any atom is 0.124 e. The van der Waals surface area contributed by atoms with Gasteiger partial charge in [-0.1, -0.05) is 24.9 Å². The van der Waals surface area contributed by atoms with Gasteiger partial charge in [0.2, 0.25) is 0 Å². The van der Waals surface area contributed by atoms with Crippen molar-refractivity contribution in [1.82, 2.24) is 4.90 Å². The molecular weight excluding hydrogens is 260 g/mol. The summed E-state index contributed by atoms with van der Waals surface area (Å²) >= 11 is 6.11. The molecule has 0 amide bonds. The van der Waals surface area contributed by atoms with E-state index in [1.165, 1.54) is 6.42 Å². The molecule has 1 unspecified atom stereocenters. The molecule has 0 heterocycles. The van der Waals surface area contributed by atoms with Crippen molar-refractivity contribution in [2.75, 3.05) is 26.7 Å². The topological polar surface area (TPSA) is 38.5 Å². The quantitative estimate of drug-likeness (QED) is 0.794. The molecule has 1 aromatic rings. The van der Waals surface area contributed by atoms with Gasteiger partial charge in [-0.3, -0.25) is 4.90 Å². The Labute approximate surface area is 121 Å². The van der Waals surface area contributed by atoms with Crippen LogP contribution in [0.1, 0.15) is 38.3 Å². The number of halogens is 1. The minimum atomic E-state index is 0.145. The van der Waals surface area contributed by atoms with Crippen LogP contribution < -0.4 is 10.5 Å². The molecule has 0 saturated carbocycles. The molecule has 0 fully saturated rings. The highest BCUT2D eigenvalue weighted by Gasteiger charge is 2.19. The van der Waals surface area contributed by atoms with Crippen molar-refractivity contribution < 1.29 is 4.74 Å². The molecule has 3 nitrogen and oxygen atoms in total. The fourth-order valence-corrected chi connectivity index (χ4v) is 2.35. The Hall–Kier alpha value is -0.770. The number of hydrogen-bond acceptors (Lipinski definition) is 3. The molecule has 0 bridgehead atoms. The van der Waals surface area contributed by atoms with Crippen LogP contribution in [0.15, 0.2) is 18.2 Å². The van der Waals surface area contributed by atoms with Gasteiger partial charge in [-0.05, 0) is 45.1 Å². The minimum Gasteiger partial charge on any atom is -0.494 e. The van der Waals surface area contributed by atoms with Gasteiger partial charge >= 0.3 is 0 Å². The summed E-state index contributed by atoms with van der Waals surface area (Å²) in [4.78, 5) is 2.28. The number of hydrogen-bond donors (Lipinski definition) is 1. The monoisotopic (exact) mass is 284 g/mol. The molecule has 0 spiro atoms. The number of rotatable bonds is 8. The summed E-state index contributed by atoms with van der Waals surface area (Å²) in [5, 5.41) is 0.723. The van der Waals surface area contributed by atoms with E-state index < -0.39 is 0 Å². The van der Waals surface area contributed by atoms with Crippen molar-refractivity contribution in [3.05, 3.63) is 28.8 Å². The third-order valence-electron chi connectivity index (χ3n) is 3.25. The van der Waals surface area contributed by atoms with E-state index in [1.54, 1.807) is 0 Å². The highest BCUT2D eigenvalue weighted by atomic mass is 35.5. The zero-order chi connectivity index (χ0) is 14.3. The molecule has 108 valence electrons. The highest BCUT2D eigenvalue weighted by Crippen LogP contribution is 2.31. The average Bonchev–Trinajstić information content (AvgIpc) is 2.40. The largest absolute Gasteiger partial charge is 0.494 e. The predicted octanol–water partition coefficient (Wildman–Crippen LogP) is 3.47. The lowest BCUT2D eigenvalue weighted by Gasteiger charge is -2.28. The molecular formula is C15H25ClN2O. The maximum atomic E-state index is 6.11. The Kier molecular flexibility index (Phi) is 7.21. The van der Waals surface area contributed by atoms with Gasteiger partial charge in [0.25, 0.3) is 0 Å². The fourth-order valence-electron chi connectivity index (χ4n) is 2.17. The Morgan fingerprint density at radius 1 is 1.37 bits per heavy atom. The second kappa shape index (κ2) is 8.41. The number of ether oxygens (including phenoxy) is 1. The van der Waals surface area contributed by atoms with Gasteiger partial charge in [0.1, 0.15) is 5.75 Å². The van der Waals surface area contributed by atoms with E-state index in [1.807, 2.05) is 25.1 Å². The molecule has 1 atom stereocenters. The molecule has 0 aliphatic carbocycles. The van der Waals surface area contributed by atoms with E-state index in [0.29, 0.717) is 13.2 Å². The summed E-state index contributed by atoms with van der Waals surface area (Å²) in [7, 11) is 2.10. The second-order valence-corrected chi connectivity index (χ2v) is 5.14. The summed E-state index contributed by atoms with van der Waals surface area (Å²) in [5.74, 6) is 0.880. The van der Waals surface area contributed by atoms with Crippen LogP contribution in [0.3, 0.4) is 0 Å². The Bertz CT molecular complexity index is 384. The van der Waals surface area contributed by atoms with Gasteiger partial charge in [-0.2, -0.15) is 0 Å². The fraction of sp³-hybridized carbons (Fsp3) is 0.600. The first kappa shape index (κ1) is 16.3. The van der Waals surface area contributed by atoms with Crippen LogP contribution in [0.5, 0.6) is 5.75 Å².